The molecule has 1 aromatic carbocycles. The van der Waals surface area contributed by atoms with Crippen LogP contribution in [0.2, 0.25) is 18.1 Å². The van der Waals surface area contributed by atoms with Crippen LogP contribution in [0.3, 0.4) is 0 Å². The van der Waals surface area contributed by atoms with E-state index in [1.165, 1.54) is 17.3 Å². The molecule has 2 aromatic rings. The number of rotatable bonds is 4. The van der Waals surface area contributed by atoms with Crippen molar-refractivity contribution in [3.63, 3.8) is 0 Å². The standard InChI is InChI=1S/C18H25N3O3Si/c1-18(2,3)25(4,5)24-15-10-13-8-6-7-9-14(13)17(15)20-11-16(19-12-20)21(22)23/h6-9,11-12,15,17H,10H2,1-5H3. The smallest absolute Gasteiger partial charge is 0.381 e. The topological polar surface area (TPSA) is 70.2 Å². The Morgan fingerprint density at radius 1 is 1.32 bits per heavy atom. The van der Waals surface area contributed by atoms with E-state index in [0.29, 0.717) is 0 Å². The summed E-state index contributed by atoms with van der Waals surface area (Å²) >= 11 is 0. The molecule has 0 spiro atoms. The van der Waals surface area contributed by atoms with Crippen molar-refractivity contribution in [1.29, 1.82) is 0 Å². The molecule has 2 atom stereocenters. The molecule has 0 amide bonds. The molecule has 1 heterocycles. The van der Waals surface area contributed by atoms with Crippen molar-refractivity contribution in [1.82, 2.24) is 9.55 Å². The van der Waals surface area contributed by atoms with Gasteiger partial charge in [0.05, 0.1) is 12.1 Å². The lowest BCUT2D eigenvalue weighted by molar-refractivity contribution is -0.389. The Hall–Kier alpha value is -1.99. The van der Waals surface area contributed by atoms with Gasteiger partial charge in [-0.2, -0.15) is 0 Å². The Bertz CT molecular complexity index is 795. The van der Waals surface area contributed by atoms with E-state index in [9.17, 15) is 10.1 Å². The molecular formula is C18H25N3O3Si. The number of nitro groups is 1. The molecule has 6 nitrogen and oxygen atoms in total. The average Bonchev–Trinajstić information content (AvgIpc) is 3.09. The molecule has 3 rings (SSSR count). The van der Waals surface area contributed by atoms with Gasteiger partial charge < -0.3 is 19.1 Å². The third kappa shape index (κ3) is 3.26. The number of hydrogen-bond donors (Lipinski definition) is 0. The maximum absolute atomic E-state index is 11.0. The highest BCUT2D eigenvalue weighted by Crippen LogP contribution is 2.43. The highest BCUT2D eigenvalue weighted by molar-refractivity contribution is 6.74. The van der Waals surface area contributed by atoms with Gasteiger partial charge in [-0.25, -0.2) is 0 Å². The number of fused-ring (bicyclic) bond motifs is 1. The number of hydrogen-bond acceptors (Lipinski definition) is 4. The number of aromatic nitrogens is 2. The molecule has 25 heavy (non-hydrogen) atoms. The van der Waals surface area contributed by atoms with Crippen molar-refractivity contribution < 1.29 is 9.35 Å². The minimum Gasteiger partial charge on any atom is -0.411 e. The van der Waals surface area contributed by atoms with Crippen LogP contribution in [0, 0.1) is 10.1 Å². The van der Waals surface area contributed by atoms with Gasteiger partial charge in [-0.15, -0.1) is 0 Å². The Kier molecular flexibility index (Phi) is 4.32. The first kappa shape index (κ1) is 17.8. The van der Waals surface area contributed by atoms with Crippen LogP contribution in [0.15, 0.2) is 36.8 Å². The minimum absolute atomic E-state index is 0.0351. The fourth-order valence-corrected chi connectivity index (χ4v) is 4.45. The lowest BCUT2D eigenvalue weighted by Crippen LogP contribution is -2.45. The zero-order valence-corrected chi connectivity index (χ0v) is 16.4. The molecular weight excluding hydrogens is 334 g/mol. The molecule has 1 aliphatic carbocycles. The zero-order chi connectivity index (χ0) is 18.4. The second-order valence-electron chi connectivity index (χ2n) is 8.20. The molecule has 0 bridgehead atoms. The van der Waals surface area contributed by atoms with Crippen molar-refractivity contribution in [3.8, 4) is 0 Å². The summed E-state index contributed by atoms with van der Waals surface area (Å²) in [6.45, 7) is 11.1. The van der Waals surface area contributed by atoms with Crippen LogP contribution in [-0.4, -0.2) is 28.9 Å². The first-order valence-corrected chi connectivity index (χ1v) is 11.4. The van der Waals surface area contributed by atoms with Crippen LogP contribution >= 0.6 is 0 Å². The van der Waals surface area contributed by atoms with Crippen LogP contribution in [0.1, 0.15) is 37.9 Å². The van der Waals surface area contributed by atoms with E-state index in [0.717, 1.165) is 6.42 Å². The summed E-state index contributed by atoms with van der Waals surface area (Å²) in [6.07, 6.45) is 3.84. The van der Waals surface area contributed by atoms with Crippen LogP contribution in [0.4, 0.5) is 5.82 Å². The SMILES string of the molecule is CC(C)(C)[Si](C)(C)OC1Cc2ccccc2C1n1cnc([N+](=O)[O-])c1. The van der Waals surface area contributed by atoms with Gasteiger partial charge in [-0.05, 0) is 39.2 Å². The van der Waals surface area contributed by atoms with Gasteiger partial charge in [-0.3, -0.25) is 0 Å². The largest absolute Gasteiger partial charge is 0.411 e. The van der Waals surface area contributed by atoms with Crippen molar-refractivity contribution in [2.75, 3.05) is 0 Å². The molecule has 0 fully saturated rings. The van der Waals surface area contributed by atoms with Gasteiger partial charge in [0, 0.05) is 6.42 Å². The Morgan fingerprint density at radius 2 is 2.00 bits per heavy atom. The third-order valence-electron chi connectivity index (χ3n) is 5.50. The summed E-state index contributed by atoms with van der Waals surface area (Å²) in [7, 11) is -1.97. The van der Waals surface area contributed by atoms with Crippen LogP contribution in [0.5, 0.6) is 0 Å². The van der Waals surface area contributed by atoms with Gasteiger partial charge in [0.2, 0.25) is 6.33 Å². The van der Waals surface area contributed by atoms with Gasteiger partial charge >= 0.3 is 5.82 Å². The van der Waals surface area contributed by atoms with Gasteiger partial charge in [0.1, 0.15) is 6.20 Å². The summed E-state index contributed by atoms with van der Waals surface area (Å²) in [5.41, 5.74) is 2.41. The Morgan fingerprint density at radius 3 is 2.60 bits per heavy atom. The number of imidazole rings is 1. The lowest BCUT2D eigenvalue weighted by Gasteiger charge is -2.40. The Labute approximate surface area is 149 Å². The van der Waals surface area contributed by atoms with Crippen LogP contribution in [0.25, 0.3) is 0 Å². The molecule has 0 N–H and O–H groups in total. The first-order chi connectivity index (χ1) is 11.6. The fourth-order valence-electron chi connectivity index (χ4n) is 3.12. The summed E-state index contributed by atoms with van der Waals surface area (Å²) in [6, 6.07) is 8.16. The quantitative estimate of drug-likeness (QED) is 0.463. The second-order valence-corrected chi connectivity index (χ2v) is 13.0. The van der Waals surface area contributed by atoms with E-state index in [1.54, 1.807) is 6.33 Å². The highest BCUT2D eigenvalue weighted by Gasteiger charge is 2.44. The van der Waals surface area contributed by atoms with E-state index in [4.69, 9.17) is 4.43 Å². The molecule has 134 valence electrons. The maximum atomic E-state index is 11.0. The van der Waals surface area contributed by atoms with E-state index < -0.39 is 13.2 Å². The average molecular weight is 360 g/mol. The maximum Gasteiger partial charge on any atom is 0.381 e. The molecule has 1 aromatic heterocycles. The third-order valence-corrected chi connectivity index (χ3v) is 10.00. The molecule has 1 aliphatic rings. The van der Waals surface area contributed by atoms with Gasteiger partial charge in [-0.1, -0.05) is 45.0 Å². The van der Waals surface area contributed by atoms with Crippen molar-refractivity contribution in [2.24, 2.45) is 0 Å². The summed E-state index contributed by atoms with van der Waals surface area (Å²) in [5, 5.41) is 11.1. The van der Waals surface area contributed by atoms with Crippen LogP contribution in [-0.2, 0) is 10.8 Å². The highest BCUT2D eigenvalue weighted by atomic mass is 28.4. The number of benzene rings is 1. The minimum atomic E-state index is -1.97. The van der Waals surface area contributed by atoms with E-state index in [1.807, 2.05) is 16.7 Å². The Balaban J connectivity index is 1.99. The fraction of sp³-hybridized carbons (Fsp3) is 0.500. The molecule has 2 unspecified atom stereocenters. The van der Waals surface area contributed by atoms with Crippen molar-refractivity contribution in [3.05, 3.63) is 58.0 Å². The van der Waals surface area contributed by atoms with Gasteiger partial charge in [0.25, 0.3) is 0 Å². The summed E-state index contributed by atoms with van der Waals surface area (Å²) in [5.74, 6) is -0.129. The second kappa shape index (κ2) is 6.07. The normalized spacial score (nSPS) is 20.5. The number of nitrogens with zero attached hydrogens (tertiary/aromatic N) is 3. The predicted octanol–water partition coefficient (Wildman–Crippen LogP) is 4.33. The molecule has 0 saturated carbocycles. The molecule has 0 radical (unpaired) electrons. The first-order valence-electron chi connectivity index (χ1n) is 8.53. The summed E-state index contributed by atoms with van der Waals surface area (Å²) in [4.78, 5) is 14.5. The van der Waals surface area contributed by atoms with Crippen LogP contribution < -0.4 is 0 Å². The van der Waals surface area contributed by atoms with Gasteiger partial charge in [0.15, 0.2) is 8.32 Å². The monoisotopic (exact) mass is 359 g/mol. The van der Waals surface area contributed by atoms with E-state index in [2.05, 4.69) is 51.0 Å². The zero-order valence-electron chi connectivity index (χ0n) is 15.4. The summed E-state index contributed by atoms with van der Waals surface area (Å²) < 4.78 is 8.54. The molecule has 0 saturated heterocycles. The van der Waals surface area contributed by atoms with Crippen molar-refractivity contribution in [2.45, 2.75) is 57.5 Å². The van der Waals surface area contributed by atoms with E-state index in [-0.39, 0.29) is 23.0 Å². The van der Waals surface area contributed by atoms with Crippen molar-refractivity contribution >= 4 is 14.1 Å². The lowest BCUT2D eigenvalue weighted by atomic mass is 10.1. The predicted molar refractivity (Wildman–Crippen MR) is 99.2 cm³/mol. The molecule has 0 aliphatic heterocycles. The molecule has 7 heteroatoms. The van der Waals surface area contributed by atoms with E-state index >= 15 is 0 Å².